The van der Waals surface area contributed by atoms with E-state index in [1.54, 1.807) is 11.9 Å². The standard InChI is InChI=1S/C14H22N2O3/c1-16(9-5-8-15)12(17)10-14(11-13(18)19)6-3-2-4-7-14/h2-7,9-11H2,1H3,(H,18,19). The molecule has 0 unspecified atom stereocenters. The summed E-state index contributed by atoms with van der Waals surface area (Å²) in [4.78, 5) is 24.7. The topological polar surface area (TPSA) is 81.4 Å². The van der Waals surface area contributed by atoms with Crippen molar-refractivity contribution in [2.24, 2.45) is 5.41 Å². The van der Waals surface area contributed by atoms with Crippen molar-refractivity contribution in [3.8, 4) is 6.07 Å². The number of rotatable bonds is 6. The third kappa shape index (κ3) is 4.90. The highest BCUT2D eigenvalue weighted by Crippen LogP contribution is 2.42. The van der Waals surface area contributed by atoms with Crippen LogP contribution in [0.15, 0.2) is 0 Å². The highest BCUT2D eigenvalue weighted by Gasteiger charge is 2.37. The summed E-state index contributed by atoms with van der Waals surface area (Å²) in [5.74, 6) is -0.868. The van der Waals surface area contributed by atoms with Crippen LogP contribution in [0, 0.1) is 16.7 Å². The number of carboxylic acid groups (broad SMARTS) is 1. The van der Waals surface area contributed by atoms with Crippen LogP contribution in [-0.2, 0) is 9.59 Å². The van der Waals surface area contributed by atoms with Crippen molar-refractivity contribution in [3.63, 3.8) is 0 Å². The molecule has 1 aliphatic carbocycles. The van der Waals surface area contributed by atoms with Gasteiger partial charge in [-0.2, -0.15) is 5.26 Å². The fourth-order valence-electron chi connectivity index (χ4n) is 2.84. The smallest absolute Gasteiger partial charge is 0.303 e. The lowest BCUT2D eigenvalue weighted by molar-refractivity contribution is -0.142. The molecule has 5 nitrogen and oxygen atoms in total. The number of carbonyl (C=O) groups excluding carboxylic acids is 1. The summed E-state index contributed by atoms with van der Waals surface area (Å²) in [7, 11) is 1.68. The van der Waals surface area contributed by atoms with E-state index in [0.717, 1.165) is 32.1 Å². The molecule has 19 heavy (non-hydrogen) atoms. The van der Waals surface area contributed by atoms with Crippen LogP contribution < -0.4 is 0 Å². The van der Waals surface area contributed by atoms with E-state index in [1.807, 2.05) is 6.07 Å². The Balaban J connectivity index is 2.64. The molecule has 0 radical (unpaired) electrons. The Kier molecular flexibility index (Phi) is 5.81. The highest BCUT2D eigenvalue weighted by molar-refractivity contribution is 5.78. The number of hydrogen-bond acceptors (Lipinski definition) is 3. The Morgan fingerprint density at radius 2 is 1.89 bits per heavy atom. The summed E-state index contributed by atoms with van der Waals surface area (Å²) in [6.07, 6.45) is 5.44. The normalized spacial score (nSPS) is 17.5. The summed E-state index contributed by atoms with van der Waals surface area (Å²) in [6.45, 7) is 0.415. The molecule has 0 spiro atoms. The Morgan fingerprint density at radius 3 is 2.42 bits per heavy atom. The van der Waals surface area contributed by atoms with E-state index in [2.05, 4.69) is 0 Å². The van der Waals surface area contributed by atoms with Crippen molar-refractivity contribution in [1.82, 2.24) is 4.90 Å². The summed E-state index contributed by atoms with van der Waals surface area (Å²) >= 11 is 0. The number of aliphatic carboxylic acids is 1. The minimum Gasteiger partial charge on any atom is -0.481 e. The van der Waals surface area contributed by atoms with Gasteiger partial charge in [-0.05, 0) is 18.3 Å². The Morgan fingerprint density at radius 1 is 1.26 bits per heavy atom. The fraction of sp³-hybridized carbons (Fsp3) is 0.786. The lowest BCUT2D eigenvalue weighted by Crippen LogP contribution is -2.36. The average molecular weight is 266 g/mol. The van der Waals surface area contributed by atoms with Gasteiger partial charge in [-0.25, -0.2) is 0 Å². The predicted molar refractivity (Wildman–Crippen MR) is 70.3 cm³/mol. The van der Waals surface area contributed by atoms with Crippen LogP contribution in [0.4, 0.5) is 0 Å². The first kappa shape index (κ1) is 15.5. The summed E-state index contributed by atoms with van der Waals surface area (Å²) in [5.41, 5.74) is -0.373. The maximum atomic E-state index is 12.1. The van der Waals surface area contributed by atoms with E-state index in [1.165, 1.54) is 0 Å². The second-order valence-electron chi connectivity index (χ2n) is 5.53. The fourth-order valence-corrected chi connectivity index (χ4v) is 2.84. The molecule has 0 aromatic carbocycles. The van der Waals surface area contributed by atoms with Crippen LogP contribution in [0.1, 0.15) is 51.4 Å². The zero-order valence-electron chi connectivity index (χ0n) is 11.5. The largest absolute Gasteiger partial charge is 0.481 e. The lowest BCUT2D eigenvalue weighted by Gasteiger charge is -2.36. The quantitative estimate of drug-likeness (QED) is 0.798. The second kappa shape index (κ2) is 7.13. The first-order valence-corrected chi connectivity index (χ1v) is 6.82. The van der Waals surface area contributed by atoms with Gasteiger partial charge in [0.2, 0.25) is 5.91 Å². The number of nitrogens with zero attached hydrogens (tertiary/aromatic N) is 2. The van der Waals surface area contributed by atoms with Gasteiger partial charge in [-0.1, -0.05) is 19.3 Å². The first-order chi connectivity index (χ1) is 8.99. The zero-order chi connectivity index (χ0) is 14.3. The SMILES string of the molecule is CN(CCC#N)C(=O)CC1(CC(=O)O)CCCCC1. The lowest BCUT2D eigenvalue weighted by atomic mass is 9.69. The van der Waals surface area contributed by atoms with E-state index in [-0.39, 0.29) is 17.7 Å². The van der Waals surface area contributed by atoms with Gasteiger partial charge < -0.3 is 10.0 Å². The minimum atomic E-state index is -0.825. The number of carbonyl (C=O) groups is 2. The molecule has 1 aliphatic rings. The molecule has 0 atom stereocenters. The van der Waals surface area contributed by atoms with Crippen molar-refractivity contribution < 1.29 is 14.7 Å². The Hall–Kier alpha value is -1.57. The number of nitriles is 1. The molecule has 1 rings (SSSR count). The van der Waals surface area contributed by atoms with Gasteiger partial charge in [0.15, 0.2) is 0 Å². The van der Waals surface area contributed by atoms with E-state index in [9.17, 15) is 9.59 Å². The van der Waals surface area contributed by atoms with E-state index in [0.29, 0.717) is 19.4 Å². The van der Waals surface area contributed by atoms with Crippen LogP contribution in [-0.4, -0.2) is 35.5 Å². The highest BCUT2D eigenvalue weighted by atomic mass is 16.4. The summed E-state index contributed by atoms with van der Waals surface area (Å²) in [5, 5.41) is 17.6. The number of hydrogen-bond donors (Lipinski definition) is 1. The van der Waals surface area contributed by atoms with Gasteiger partial charge >= 0.3 is 5.97 Å². The second-order valence-corrected chi connectivity index (χ2v) is 5.53. The zero-order valence-corrected chi connectivity index (χ0v) is 11.5. The molecule has 106 valence electrons. The first-order valence-electron chi connectivity index (χ1n) is 6.82. The molecule has 1 amide bonds. The van der Waals surface area contributed by atoms with Crippen molar-refractivity contribution in [3.05, 3.63) is 0 Å². The summed E-state index contributed by atoms with van der Waals surface area (Å²) < 4.78 is 0. The third-order valence-corrected chi connectivity index (χ3v) is 3.95. The van der Waals surface area contributed by atoms with Gasteiger partial charge in [0.1, 0.15) is 0 Å². The molecular weight excluding hydrogens is 244 g/mol. The number of carboxylic acids is 1. The van der Waals surface area contributed by atoms with Crippen molar-refractivity contribution in [2.75, 3.05) is 13.6 Å². The molecular formula is C14H22N2O3. The van der Waals surface area contributed by atoms with Crippen molar-refractivity contribution in [1.29, 1.82) is 5.26 Å². The molecule has 5 heteroatoms. The molecule has 0 aromatic heterocycles. The Labute approximate surface area is 114 Å². The Bertz CT molecular complexity index is 367. The van der Waals surface area contributed by atoms with Gasteiger partial charge in [0.05, 0.1) is 18.9 Å². The van der Waals surface area contributed by atoms with E-state index in [4.69, 9.17) is 10.4 Å². The van der Waals surface area contributed by atoms with Crippen LogP contribution >= 0.6 is 0 Å². The van der Waals surface area contributed by atoms with Gasteiger partial charge in [0.25, 0.3) is 0 Å². The predicted octanol–water partition coefficient (Wildman–Crippen LogP) is 2.17. The van der Waals surface area contributed by atoms with Crippen LogP contribution in [0.25, 0.3) is 0 Å². The van der Waals surface area contributed by atoms with Gasteiger partial charge in [-0.3, -0.25) is 9.59 Å². The minimum absolute atomic E-state index is 0.0431. The van der Waals surface area contributed by atoms with Crippen molar-refractivity contribution in [2.45, 2.75) is 51.4 Å². The number of amides is 1. The third-order valence-electron chi connectivity index (χ3n) is 3.95. The van der Waals surface area contributed by atoms with Crippen molar-refractivity contribution >= 4 is 11.9 Å². The molecule has 0 aromatic rings. The average Bonchev–Trinajstić information content (AvgIpc) is 2.35. The maximum Gasteiger partial charge on any atom is 0.303 e. The summed E-state index contributed by atoms with van der Waals surface area (Å²) in [6, 6.07) is 2.01. The van der Waals surface area contributed by atoms with Crippen LogP contribution in [0.5, 0.6) is 0 Å². The molecule has 1 saturated carbocycles. The molecule has 1 fully saturated rings. The molecule has 0 bridgehead atoms. The van der Waals surface area contributed by atoms with Crippen LogP contribution in [0.3, 0.4) is 0 Å². The van der Waals surface area contributed by atoms with E-state index >= 15 is 0 Å². The maximum absolute atomic E-state index is 12.1. The molecule has 0 saturated heterocycles. The van der Waals surface area contributed by atoms with Gasteiger partial charge in [0, 0.05) is 20.0 Å². The molecule has 1 N–H and O–H groups in total. The van der Waals surface area contributed by atoms with Gasteiger partial charge in [-0.15, -0.1) is 0 Å². The molecule has 0 aliphatic heterocycles. The monoisotopic (exact) mass is 266 g/mol. The van der Waals surface area contributed by atoms with E-state index < -0.39 is 5.97 Å². The molecule has 0 heterocycles. The van der Waals surface area contributed by atoms with Crippen LogP contribution in [0.2, 0.25) is 0 Å².